The van der Waals surface area contributed by atoms with E-state index in [4.69, 9.17) is 9.47 Å². The zero-order valence-electron chi connectivity index (χ0n) is 14.9. The molecule has 0 radical (unpaired) electrons. The van der Waals surface area contributed by atoms with Crippen molar-refractivity contribution < 1.29 is 27.8 Å². The number of methoxy groups -OCH3 is 1. The summed E-state index contributed by atoms with van der Waals surface area (Å²) in [6.07, 6.45) is 0. The first kappa shape index (κ1) is 19.5. The second-order valence-corrected chi connectivity index (χ2v) is 5.45. The molecule has 0 aliphatic carbocycles. The van der Waals surface area contributed by atoms with Gasteiger partial charge in [0.1, 0.15) is 5.75 Å². The van der Waals surface area contributed by atoms with E-state index >= 15 is 0 Å². The van der Waals surface area contributed by atoms with Gasteiger partial charge in [0.15, 0.2) is 11.5 Å². The monoisotopic (exact) mass is 365 g/mol. The van der Waals surface area contributed by atoms with Crippen molar-refractivity contribution in [3.63, 3.8) is 0 Å². The van der Waals surface area contributed by atoms with Gasteiger partial charge in [-0.05, 0) is 31.2 Å². The van der Waals surface area contributed by atoms with Gasteiger partial charge in [-0.3, -0.25) is 4.79 Å². The molecule has 0 bridgehead atoms. The van der Waals surface area contributed by atoms with Crippen LogP contribution < -0.4 is 14.2 Å². The number of ether oxygens (including phenoxy) is 3. The van der Waals surface area contributed by atoms with Crippen molar-refractivity contribution in [1.82, 2.24) is 4.90 Å². The first-order valence-corrected chi connectivity index (χ1v) is 8.05. The van der Waals surface area contributed by atoms with Crippen molar-refractivity contribution in [3.05, 3.63) is 53.6 Å². The smallest absolute Gasteiger partial charge is 0.387 e. The van der Waals surface area contributed by atoms with E-state index in [1.807, 2.05) is 31.2 Å². The third kappa shape index (κ3) is 4.84. The topological polar surface area (TPSA) is 48.0 Å². The van der Waals surface area contributed by atoms with Gasteiger partial charge in [-0.2, -0.15) is 8.78 Å². The predicted molar refractivity (Wildman–Crippen MR) is 93.0 cm³/mol. The van der Waals surface area contributed by atoms with Gasteiger partial charge in [0, 0.05) is 24.7 Å². The maximum Gasteiger partial charge on any atom is 0.387 e. The second-order valence-electron chi connectivity index (χ2n) is 5.45. The highest BCUT2D eigenvalue weighted by Crippen LogP contribution is 2.30. The van der Waals surface area contributed by atoms with Crippen LogP contribution in [0.3, 0.4) is 0 Å². The molecule has 0 saturated carbocycles. The van der Waals surface area contributed by atoms with E-state index in [0.717, 1.165) is 5.56 Å². The highest BCUT2D eigenvalue weighted by molar-refractivity contribution is 5.94. The van der Waals surface area contributed by atoms with Gasteiger partial charge in [-0.1, -0.05) is 18.2 Å². The molecule has 0 saturated heterocycles. The van der Waals surface area contributed by atoms with Crippen molar-refractivity contribution in [2.45, 2.75) is 20.1 Å². The van der Waals surface area contributed by atoms with Crippen LogP contribution in [0.1, 0.15) is 22.8 Å². The van der Waals surface area contributed by atoms with Crippen LogP contribution >= 0.6 is 0 Å². The van der Waals surface area contributed by atoms with Crippen molar-refractivity contribution in [1.29, 1.82) is 0 Å². The molecule has 0 aliphatic heterocycles. The molecule has 0 heterocycles. The van der Waals surface area contributed by atoms with E-state index in [-0.39, 0.29) is 17.4 Å². The average molecular weight is 365 g/mol. The van der Waals surface area contributed by atoms with Crippen LogP contribution in [0, 0.1) is 0 Å². The maximum absolute atomic E-state index is 12.7. The fourth-order valence-electron chi connectivity index (χ4n) is 2.47. The highest BCUT2D eigenvalue weighted by Gasteiger charge is 2.18. The van der Waals surface area contributed by atoms with E-state index in [2.05, 4.69) is 4.74 Å². The molecule has 1 amide bonds. The van der Waals surface area contributed by atoms with Gasteiger partial charge >= 0.3 is 6.61 Å². The largest absolute Gasteiger partial charge is 0.494 e. The van der Waals surface area contributed by atoms with Crippen LogP contribution in [0.25, 0.3) is 0 Å². The maximum atomic E-state index is 12.7. The molecular formula is C19H21F2NO4. The Morgan fingerprint density at radius 3 is 2.50 bits per heavy atom. The summed E-state index contributed by atoms with van der Waals surface area (Å²) in [5, 5.41) is 0. The number of hydrogen-bond acceptors (Lipinski definition) is 4. The first-order chi connectivity index (χ1) is 12.5. The number of alkyl halides is 2. The standard InChI is InChI=1S/C19H21F2NO4/c1-4-25-15-8-6-5-7-14(15)12-22(2)18(23)13-9-10-16(26-19(20)21)17(11-13)24-3/h5-11,19H,4,12H2,1-3H3. The molecule has 2 aromatic rings. The van der Waals surface area contributed by atoms with Crippen LogP contribution in [-0.4, -0.2) is 38.2 Å². The Balaban J connectivity index is 2.18. The molecule has 0 spiro atoms. The van der Waals surface area contributed by atoms with Gasteiger partial charge in [0.25, 0.3) is 5.91 Å². The predicted octanol–water partition coefficient (Wildman–Crippen LogP) is 3.97. The number of carbonyl (C=O) groups excluding carboxylic acids is 1. The molecule has 26 heavy (non-hydrogen) atoms. The highest BCUT2D eigenvalue weighted by atomic mass is 19.3. The van der Waals surface area contributed by atoms with Gasteiger partial charge in [0.05, 0.1) is 13.7 Å². The minimum Gasteiger partial charge on any atom is -0.494 e. The summed E-state index contributed by atoms with van der Waals surface area (Å²) >= 11 is 0. The summed E-state index contributed by atoms with van der Waals surface area (Å²) in [6, 6.07) is 11.6. The number of carbonyl (C=O) groups is 1. The molecule has 0 unspecified atom stereocenters. The van der Waals surface area contributed by atoms with Crippen molar-refractivity contribution in [3.8, 4) is 17.2 Å². The Hall–Kier alpha value is -2.83. The van der Waals surface area contributed by atoms with Crippen molar-refractivity contribution in [2.24, 2.45) is 0 Å². The zero-order chi connectivity index (χ0) is 19.1. The lowest BCUT2D eigenvalue weighted by molar-refractivity contribution is -0.0512. The molecule has 140 valence electrons. The van der Waals surface area contributed by atoms with Crippen LogP contribution in [0.2, 0.25) is 0 Å². The molecule has 7 heteroatoms. The van der Waals surface area contributed by atoms with Crippen LogP contribution in [0.15, 0.2) is 42.5 Å². The molecule has 0 aromatic heterocycles. The number of halogens is 2. The van der Waals surface area contributed by atoms with Crippen LogP contribution in [-0.2, 0) is 6.54 Å². The minimum atomic E-state index is -2.97. The van der Waals surface area contributed by atoms with E-state index in [1.54, 1.807) is 7.05 Å². The molecule has 0 fully saturated rings. The Bertz CT molecular complexity index is 752. The fourth-order valence-corrected chi connectivity index (χ4v) is 2.47. The molecule has 0 N–H and O–H groups in total. The van der Waals surface area contributed by atoms with Gasteiger partial charge in [0.2, 0.25) is 0 Å². The van der Waals surface area contributed by atoms with Gasteiger partial charge < -0.3 is 19.1 Å². The normalized spacial score (nSPS) is 10.5. The molecule has 5 nitrogen and oxygen atoms in total. The number of hydrogen-bond donors (Lipinski definition) is 0. The van der Waals surface area contributed by atoms with E-state index in [0.29, 0.717) is 24.5 Å². The summed E-state index contributed by atoms with van der Waals surface area (Å²) in [5.74, 6) is 0.383. The molecule has 0 aliphatic rings. The Morgan fingerprint density at radius 1 is 1.12 bits per heavy atom. The molecule has 0 atom stereocenters. The summed E-state index contributed by atoms with van der Waals surface area (Å²) < 4.78 is 39.8. The lowest BCUT2D eigenvalue weighted by Crippen LogP contribution is -2.26. The van der Waals surface area contributed by atoms with E-state index in [1.165, 1.54) is 30.2 Å². The zero-order valence-corrected chi connectivity index (χ0v) is 14.9. The SMILES string of the molecule is CCOc1ccccc1CN(C)C(=O)c1ccc(OC(F)F)c(OC)c1. The summed E-state index contributed by atoms with van der Waals surface area (Å²) in [6.45, 7) is -0.214. The summed E-state index contributed by atoms with van der Waals surface area (Å²) in [5.41, 5.74) is 1.18. The number of benzene rings is 2. The van der Waals surface area contributed by atoms with Gasteiger partial charge in [-0.15, -0.1) is 0 Å². The van der Waals surface area contributed by atoms with Crippen molar-refractivity contribution in [2.75, 3.05) is 20.8 Å². The quantitative estimate of drug-likeness (QED) is 0.710. The Kier molecular flexibility index (Phi) is 6.77. The lowest BCUT2D eigenvalue weighted by atomic mass is 10.1. The summed E-state index contributed by atoms with van der Waals surface area (Å²) in [4.78, 5) is 14.2. The third-order valence-electron chi connectivity index (χ3n) is 3.65. The number of amides is 1. The lowest BCUT2D eigenvalue weighted by Gasteiger charge is -2.20. The second kappa shape index (κ2) is 9.03. The van der Waals surface area contributed by atoms with Crippen LogP contribution in [0.4, 0.5) is 8.78 Å². The number of para-hydroxylation sites is 1. The minimum absolute atomic E-state index is 0.0688. The Morgan fingerprint density at radius 2 is 1.85 bits per heavy atom. The third-order valence-corrected chi connectivity index (χ3v) is 3.65. The molecule has 2 rings (SSSR count). The molecular weight excluding hydrogens is 344 g/mol. The Labute approximate surface area is 151 Å². The van der Waals surface area contributed by atoms with E-state index < -0.39 is 6.61 Å². The average Bonchev–Trinajstić information content (AvgIpc) is 2.62. The van der Waals surface area contributed by atoms with Gasteiger partial charge in [-0.25, -0.2) is 0 Å². The first-order valence-electron chi connectivity index (χ1n) is 8.05. The van der Waals surface area contributed by atoms with Crippen molar-refractivity contribution >= 4 is 5.91 Å². The fraction of sp³-hybridized carbons (Fsp3) is 0.316. The van der Waals surface area contributed by atoms with E-state index in [9.17, 15) is 13.6 Å². The summed E-state index contributed by atoms with van der Waals surface area (Å²) in [7, 11) is 2.98. The molecule has 2 aromatic carbocycles. The van der Waals surface area contributed by atoms with Crippen LogP contribution in [0.5, 0.6) is 17.2 Å². The number of nitrogens with zero attached hydrogens (tertiary/aromatic N) is 1. The number of rotatable bonds is 8.